The molecule has 2 aliphatic rings. The second kappa shape index (κ2) is 12.8. The highest BCUT2D eigenvalue weighted by Gasteiger charge is 2.28. The largest absolute Gasteiger partial charge is 0.491 e. The summed E-state index contributed by atoms with van der Waals surface area (Å²) in [6, 6.07) is 15.7. The molecule has 1 unspecified atom stereocenters. The normalized spacial score (nSPS) is 18.9. The molecule has 2 aromatic rings. The van der Waals surface area contributed by atoms with Crippen LogP contribution < -0.4 is 4.74 Å². The second-order valence-corrected chi connectivity index (χ2v) is 10.6. The Labute approximate surface area is 212 Å². The van der Waals surface area contributed by atoms with E-state index in [2.05, 4.69) is 11.2 Å². The maximum absolute atomic E-state index is 13.1. The molecule has 9 nitrogen and oxygen atoms in total. The summed E-state index contributed by atoms with van der Waals surface area (Å²) in [6.45, 7) is 2.46. The van der Waals surface area contributed by atoms with Crippen LogP contribution in [0.3, 0.4) is 0 Å². The van der Waals surface area contributed by atoms with Crippen LogP contribution in [0.1, 0.15) is 43.2 Å². The molecular weight excluding hydrogens is 482 g/mol. The molecule has 0 radical (unpaired) electrons. The second-order valence-electron chi connectivity index (χ2n) is 8.63. The summed E-state index contributed by atoms with van der Waals surface area (Å²) >= 11 is 0. The van der Waals surface area contributed by atoms with Gasteiger partial charge >= 0.3 is 0 Å². The quantitative estimate of drug-likeness (QED) is 0.351. The molecule has 2 heterocycles. The minimum absolute atomic E-state index is 0.155. The fourth-order valence-corrected chi connectivity index (χ4v) is 5.48. The molecule has 192 valence electrons. The van der Waals surface area contributed by atoms with Crippen LogP contribution in [0.25, 0.3) is 0 Å². The van der Waals surface area contributed by atoms with Crippen LogP contribution >= 0.6 is 0 Å². The molecule has 1 atom stereocenters. The average Bonchev–Trinajstić information content (AvgIpc) is 2.92. The lowest BCUT2D eigenvalue weighted by atomic mass is 10.1. The van der Waals surface area contributed by atoms with Crippen molar-refractivity contribution in [2.24, 2.45) is 5.16 Å². The fraction of sp³-hybridized carbons (Fsp3) is 0.462. The SMILES string of the molecule is N#Cc1cccc(CON=C2CCN(S(=O)(=O)c3ccc(OCCOC4CCCCO4)cc3)CC2)c1. The summed E-state index contributed by atoms with van der Waals surface area (Å²) in [4.78, 5) is 5.66. The number of piperidine rings is 1. The van der Waals surface area contributed by atoms with E-state index in [9.17, 15) is 8.42 Å². The molecule has 2 saturated heterocycles. The van der Waals surface area contributed by atoms with E-state index in [1.165, 1.54) is 4.31 Å². The average molecular weight is 514 g/mol. The van der Waals surface area contributed by atoms with Crippen LogP contribution in [-0.4, -0.2) is 57.6 Å². The molecule has 0 aromatic heterocycles. The van der Waals surface area contributed by atoms with Gasteiger partial charge in [0, 0.05) is 32.5 Å². The minimum atomic E-state index is -3.60. The van der Waals surface area contributed by atoms with Gasteiger partial charge in [0.15, 0.2) is 6.29 Å². The number of nitrogens with zero attached hydrogens (tertiary/aromatic N) is 3. The van der Waals surface area contributed by atoms with Crippen LogP contribution in [0.15, 0.2) is 58.6 Å². The van der Waals surface area contributed by atoms with E-state index in [4.69, 9.17) is 24.3 Å². The zero-order valence-corrected chi connectivity index (χ0v) is 21.0. The molecule has 36 heavy (non-hydrogen) atoms. The first-order valence-electron chi connectivity index (χ1n) is 12.2. The monoisotopic (exact) mass is 513 g/mol. The summed E-state index contributed by atoms with van der Waals surface area (Å²) in [6.07, 6.45) is 3.94. The number of rotatable bonds is 10. The van der Waals surface area contributed by atoms with Gasteiger partial charge in [-0.3, -0.25) is 0 Å². The molecule has 0 N–H and O–H groups in total. The van der Waals surface area contributed by atoms with Gasteiger partial charge in [0.1, 0.15) is 19.0 Å². The Morgan fingerprint density at radius 2 is 1.89 bits per heavy atom. The van der Waals surface area contributed by atoms with Crippen molar-refractivity contribution < 1.29 is 27.5 Å². The Morgan fingerprint density at radius 1 is 1.08 bits per heavy atom. The van der Waals surface area contributed by atoms with Gasteiger partial charge in [0.05, 0.1) is 28.8 Å². The molecule has 0 spiro atoms. The van der Waals surface area contributed by atoms with Gasteiger partial charge in [-0.2, -0.15) is 9.57 Å². The van der Waals surface area contributed by atoms with Crippen molar-refractivity contribution in [2.75, 3.05) is 32.9 Å². The third-order valence-corrected chi connectivity index (χ3v) is 7.95. The van der Waals surface area contributed by atoms with Crippen molar-refractivity contribution in [3.05, 3.63) is 59.7 Å². The first-order valence-corrected chi connectivity index (χ1v) is 13.6. The van der Waals surface area contributed by atoms with Crippen LogP contribution in [0.2, 0.25) is 0 Å². The van der Waals surface area contributed by atoms with Crippen LogP contribution in [0.4, 0.5) is 0 Å². The van der Waals surface area contributed by atoms with Gasteiger partial charge in [0.2, 0.25) is 10.0 Å². The van der Waals surface area contributed by atoms with Gasteiger partial charge in [0.25, 0.3) is 0 Å². The third kappa shape index (κ3) is 7.27. The first kappa shape index (κ1) is 26.1. The number of ether oxygens (including phenoxy) is 3. The van der Waals surface area contributed by atoms with E-state index in [0.717, 1.165) is 37.1 Å². The van der Waals surface area contributed by atoms with Gasteiger partial charge in [-0.1, -0.05) is 17.3 Å². The van der Waals surface area contributed by atoms with E-state index in [-0.39, 0.29) is 17.8 Å². The standard InChI is InChI=1S/C26H31N3O6S/c27-19-21-4-3-5-22(18-21)20-35-28-23-11-13-29(14-12-23)36(30,31)25-9-7-24(8-10-25)32-16-17-34-26-6-1-2-15-33-26/h3-5,7-10,18,26H,1-2,6,11-17,20H2. The van der Waals surface area contributed by atoms with Crippen molar-refractivity contribution in [3.63, 3.8) is 0 Å². The molecule has 10 heteroatoms. The molecule has 0 amide bonds. The van der Waals surface area contributed by atoms with Gasteiger partial charge in [-0.25, -0.2) is 8.42 Å². The molecule has 2 aliphatic heterocycles. The maximum atomic E-state index is 13.1. The topological polar surface area (TPSA) is 110 Å². The number of oxime groups is 1. The molecule has 0 aliphatic carbocycles. The van der Waals surface area contributed by atoms with Crippen LogP contribution in [-0.2, 0) is 30.9 Å². The highest BCUT2D eigenvalue weighted by molar-refractivity contribution is 7.89. The van der Waals surface area contributed by atoms with E-state index >= 15 is 0 Å². The summed E-state index contributed by atoms with van der Waals surface area (Å²) in [7, 11) is -3.60. The summed E-state index contributed by atoms with van der Waals surface area (Å²) < 4.78 is 44.4. The predicted molar refractivity (Wildman–Crippen MR) is 133 cm³/mol. The van der Waals surface area contributed by atoms with Crippen LogP contribution in [0, 0.1) is 11.3 Å². The number of sulfonamides is 1. The first-order chi connectivity index (χ1) is 17.5. The highest BCUT2D eigenvalue weighted by Crippen LogP contribution is 2.23. The lowest BCUT2D eigenvalue weighted by Crippen LogP contribution is -2.38. The third-order valence-electron chi connectivity index (χ3n) is 6.04. The molecule has 4 rings (SSSR count). The Bertz CT molecular complexity index is 1160. The molecule has 2 fully saturated rings. The summed E-state index contributed by atoms with van der Waals surface area (Å²) in [5.74, 6) is 0.590. The molecular formula is C26H31N3O6S. The van der Waals surface area contributed by atoms with Crippen LogP contribution in [0.5, 0.6) is 5.75 Å². The number of hydrogen-bond donors (Lipinski definition) is 0. The minimum Gasteiger partial charge on any atom is -0.491 e. The Balaban J connectivity index is 1.21. The van der Waals surface area contributed by atoms with Gasteiger partial charge in [-0.05, 0) is 61.2 Å². The number of hydrogen-bond acceptors (Lipinski definition) is 8. The Kier molecular flexibility index (Phi) is 9.30. The van der Waals surface area contributed by atoms with Gasteiger partial charge < -0.3 is 19.0 Å². The Morgan fingerprint density at radius 3 is 2.61 bits per heavy atom. The lowest BCUT2D eigenvalue weighted by molar-refractivity contribution is -0.165. The fourth-order valence-electron chi connectivity index (χ4n) is 4.04. The van der Waals surface area contributed by atoms with Crippen molar-refractivity contribution >= 4 is 15.7 Å². The lowest BCUT2D eigenvalue weighted by Gasteiger charge is -2.26. The van der Waals surface area contributed by atoms with Crippen molar-refractivity contribution in [2.45, 2.75) is 49.9 Å². The summed E-state index contributed by atoms with van der Waals surface area (Å²) in [5, 5.41) is 13.2. The molecule has 0 saturated carbocycles. The van der Waals surface area contributed by atoms with E-state index in [0.29, 0.717) is 50.5 Å². The smallest absolute Gasteiger partial charge is 0.243 e. The van der Waals surface area contributed by atoms with E-state index in [1.807, 2.05) is 6.07 Å². The van der Waals surface area contributed by atoms with Gasteiger partial charge in [-0.15, -0.1) is 0 Å². The zero-order valence-electron chi connectivity index (χ0n) is 20.2. The number of benzene rings is 2. The predicted octanol–water partition coefficient (Wildman–Crippen LogP) is 3.84. The number of nitriles is 1. The highest BCUT2D eigenvalue weighted by atomic mass is 32.2. The molecule has 2 aromatic carbocycles. The van der Waals surface area contributed by atoms with Crippen molar-refractivity contribution in [1.82, 2.24) is 4.31 Å². The Hall–Kier alpha value is -2.97. The zero-order chi connectivity index (χ0) is 25.2. The van der Waals surface area contributed by atoms with E-state index < -0.39 is 10.0 Å². The molecule has 0 bridgehead atoms. The maximum Gasteiger partial charge on any atom is 0.243 e. The summed E-state index contributed by atoms with van der Waals surface area (Å²) in [5.41, 5.74) is 2.25. The van der Waals surface area contributed by atoms with Crippen molar-refractivity contribution in [3.8, 4) is 11.8 Å². The van der Waals surface area contributed by atoms with Crippen molar-refractivity contribution in [1.29, 1.82) is 5.26 Å². The van der Waals surface area contributed by atoms with E-state index in [1.54, 1.807) is 42.5 Å².